The van der Waals surface area contributed by atoms with Crippen molar-refractivity contribution in [3.05, 3.63) is 38.9 Å². The number of nitrogens with one attached hydrogen (secondary N) is 1. The highest BCUT2D eigenvalue weighted by molar-refractivity contribution is 6.32. The molecule has 2 saturated heterocycles. The van der Waals surface area contributed by atoms with E-state index >= 15 is 0 Å². The fraction of sp³-hybridized carbons (Fsp3) is 0.571. The smallest absolute Gasteiger partial charge is 0.287 e. The molecule has 2 unspecified atom stereocenters. The van der Waals surface area contributed by atoms with E-state index in [4.69, 9.17) is 11.6 Å². The van der Waals surface area contributed by atoms with Crippen molar-refractivity contribution in [2.24, 2.45) is 0 Å². The summed E-state index contributed by atoms with van der Waals surface area (Å²) in [5.41, 5.74) is 1.02. The summed E-state index contributed by atoms with van der Waals surface area (Å²) < 4.78 is 0. The Labute approximate surface area is 135 Å². The molecule has 0 saturated carbocycles. The summed E-state index contributed by atoms with van der Waals surface area (Å²) in [6.07, 6.45) is 3.72. The van der Waals surface area contributed by atoms with Gasteiger partial charge in [-0.15, -0.1) is 12.4 Å². The zero-order valence-corrected chi connectivity index (χ0v) is 13.2. The molecule has 1 N–H and O–H groups in total. The van der Waals surface area contributed by atoms with E-state index in [-0.39, 0.29) is 23.1 Å². The van der Waals surface area contributed by atoms with Gasteiger partial charge in [0.2, 0.25) is 0 Å². The van der Waals surface area contributed by atoms with Gasteiger partial charge in [0.1, 0.15) is 5.02 Å². The van der Waals surface area contributed by atoms with Crippen LogP contribution >= 0.6 is 24.0 Å². The minimum absolute atomic E-state index is 0. The van der Waals surface area contributed by atoms with Gasteiger partial charge in [-0.05, 0) is 30.9 Å². The van der Waals surface area contributed by atoms with Gasteiger partial charge in [-0.2, -0.15) is 0 Å². The third-order valence-corrected chi connectivity index (χ3v) is 4.53. The topological polar surface area (TPSA) is 58.4 Å². The minimum Gasteiger partial charge on any atom is -0.310 e. The van der Waals surface area contributed by atoms with E-state index in [9.17, 15) is 10.1 Å². The molecule has 2 aliphatic rings. The Balaban J connectivity index is 0.00000161. The zero-order valence-electron chi connectivity index (χ0n) is 11.6. The number of nitro groups is 1. The van der Waals surface area contributed by atoms with Crippen LogP contribution in [0.1, 0.15) is 24.8 Å². The van der Waals surface area contributed by atoms with Crippen LogP contribution in [0.2, 0.25) is 5.02 Å². The van der Waals surface area contributed by atoms with Crippen LogP contribution in [-0.2, 0) is 6.54 Å². The van der Waals surface area contributed by atoms with Gasteiger partial charge >= 0.3 is 0 Å². The molecular formula is C14H19Cl2N3O2. The first-order chi connectivity index (χ1) is 9.61. The molecular weight excluding hydrogens is 313 g/mol. The van der Waals surface area contributed by atoms with Crippen molar-refractivity contribution in [2.45, 2.75) is 37.9 Å². The van der Waals surface area contributed by atoms with E-state index in [1.165, 1.54) is 25.3 Å². The first-order valence-corrected chi connectivity index (χ1v) is 7.41. The molecule has 2 bridgehead atoms. The number of benzene rings is 1. The lowest BCUT2D eigenvalue weighted by atomic mass is 10.1. The molecule has 7 heteroatoms. The van der Waals surface area contributed by atoms with Crippen molar-refractivity contribution in [2.75, 3.05) is 13.1 Å². The Bertz CT molecular complexity index is 527. The molecule has 1 aromatic rings. The lowest BCUT2D eigenvalue weighted by molar-refractivity contribution is -0.384. The number of hydrogen-bond donors (Lipinski definition) is 1. The summed E-state index contributed by atoms with van der Waals surface area (Å²) in [4.78, 5) is 12.7. The van der Waals surface area contributed by atoms with Crippen molar-refractivity contribution in [3.63, 3.8) is 0 Å². The SMILES string of the molecule is Cl.O=[N+]([O-])c1ccc(CN2CCC3CCC(C2)N3)cc1Cl. The summed E-state index contributed by atoms with van der Waals surface area (Å²) in [6, 6.07) is 6.29. The van der Waals surface area contributed by atoms with Gasteiger partial charge in [-0.3, -0.25) is 15.0 Å². The average Bonchev–Trinajstić information content (AvgIpc) is 2.72. The predicted octanol–water partition coefficient (Wildman–Crippen LogP) is 3.00. The standard InChI is InChI=1S/C14H18ClN3O2.ClH/c15-13-7-10(1-4-14(13)18(19)20)8-17-6-5-11-2-3-12(9-17)16-11;/h1,4,7,11-12,16H,2-3,5-6,8-9H2;1H. The minimum atomic E-state index is -0.444. The monoisotopic (exact) mass is 331 g/mol. The fourth-order valence-corrected chi connectivity index (χ4v) is 3.49. The number of likely N-dealkylation sites (tertiary alicyclic amines) is 1. The van der Waals surface area contributed by atoms with Crippen LogP contribution in [0.25, 0.3) is 0 Å². The first-order valence-electron chi connectivity index (χ1n) is 7.03. The molecule has 116 valence electrons. The molecule has 0 aliphatic carbocycles. The van der Waals surface area contributed by atoms with Gasteiger partial charge in [-0.25, -0.2) is 0 Å². The summed E-state index contributed by atoms with van der Waals surface area (Å²) >= 11 is 5.96. The third-order valence-electron chi connectivity index (χ3n) is 4.22. The molecule has 2 fully saturated rings. The lowest BCUT2D eigenvalue weighted by Gasteiger charge is -2.24. The van der Waals surface area contributed by atoms with Crippen molar-refractivity contribution in [1.82, 2.24) is 10.2 Å². The van der Waals surface area contributed by atoms with Gasteiger partial charge < -0.3 is 5.32 Å². The molecule has 2 heterocycles. The summed E-state index contributed by atoms with van der Waals surface area (Å²) in [7, 11) is 0. The normalized spacial score (nSPS) is 25.2. The van der Waals surface area contributed by atoms with Crippen LogP contribution in [0, 0.1) is 10.1 Å². The highest BCUT2D eigenvalue weighted by Gasteiger charge is 2.29. The van der Waals surface area contributed by atoms with E-state index in [0.29, 0.717) is 12.1 Å². The lowest BCUT2D eigenvalue weighted by Crippen LogP contribution is -2.34. The number of fused-ring (bicyclic) bond motifs is 2. The maximum Gasteiger partial charge on any atom is 0.287 e. The Hall–Kier alpha value is -0.880. The quantitative estimate of drug-likeness (QED) is 0.683. The second kappa shape index (κ2) is 6.92. The van der Waals surface area contributed by atoms with E-state index < -0.39 is 4.92 Å². The van der Waals surface area contributed by atoms with E-state index in [1.807, 2.05) is 0 Å². The van der Waals surface area contributed by atoms with Crippen molar-refractivity contribution >= 4 is 29.7 Å². The average molecular weight is 332 g/mol. The number of nitro benzene ring substituents is 1. The molecule has 0 radical (unpaired) electrons. The van der Waals surface area contributed by atoms with E-state index in [1.54, 1.807) is 12.1 Å². The van der Waals surface area contributed by atoms with Gasteiger partial charge in [0, 0.05) is 37.8 Å². The Kier molecular flexibility index (Phi) is 5.43. The van der Waals surface area contributed by atoms with Gasteiger partial charge in [0.15, 0.2) is 0 Å². The van der Waals surface area contributed by atoms with Crippen LogP contribution < -0.4 is 5.32 Å². The molecule has 3 rings (SSSR count). The van der Waals surface area contributed by atoms with Crippen LogP contribution in [0.5, 0.6) is 0 Å². The molecule has 0 spiro atoms. The van der Waals surface area contributed by atoms with Crippen LogP contribution in [0.3, 0.4) is 0 Å². The van der Waals surface area contributed by atoms with Crippen molar-refractivity contribution < 1.29 is 4.92 Å². The second-order valence-corrected chi connectivity index (χ2v) is 6.11. The number of hydrogen-bond acceptors (Lipinski definition) is 4. The van der Waals surface area contributed by atoms with Crippen LogP contribution in [0.15, 0.2) is 18.2 Å². The zero-order chi connectivity index (χ0) is 14.1. The molecule has 21 heavy (non-hydrogen) atoms. The largest absolute Gasteiger partial charge is 0.310 e. The Morgan fingerprint density at radius 1 is 1.33 bits per heavy atom. The third kappa shape index (κ3) is 3.86. The first kappa shape index (κ1) is 16.5. The highest BCUT2D eigenvalue weighted by atomic mass is 35.5. The second-order valence-electron chi connectivity index (χ2n) is 5.70. The van der Waals surface area contributed by atoms with Crippen molar-refractivity contribution in [3.8, 4) is 0 Å². The summed E-state index contributed by atoms with van der Waals surface area (Å²) in [5, 5.41) is 14.6. The Morgan fingerprint density at radius 2 is 2.10 bits per heavy atom. The molecule has 2 atom stereocenters. The van der Waals surface area contributed by atoms with Crippen LogP contribution in [-0.4, -0.2) is 35.0 Å². The van der Waals surface area contributed by atoms with Gasteiger partial charge in [0.05, 0.1) is 4.92 Å². The van der Waals surface area contributed by atoms with E-state index in [2.05, 4.69) is 10.2 Å². The van der Waals surface area contributed by atoms with Gasteiger partial charge in [0.25, 0.3) is 5.69 Å². The maximum absolute atomic E-state index is 10.8. The van der Waals surface area contributed by atoms with E-state index in [0.717, 1.165) is 25.2 Å². The van der Waals surface area contributed by atoms with Crippen molar-refractivity contribution in [1.29, 1.82) is 0 Å². The fourth-order valence-electron chi connectivity index (χ4n) is 3.21. The molecule has 0 amide bonds. The van der Waals surface area contributed by atoms with Crippen LogP contribution in [0.4, 0.5) is 5.69 Å². The Morgan fingerprint density at radius 3 is 2.81 bits per heavy atom. The molecule has 0 aromatic heterocycles. The molecule has 2 aliphatic heterocycles. The summed E-state index contributed by atoms with van der Waals surface area (Å²) in [6.45, 7) is 2.93. The number of nitrogens with zero attached hydrogens (tertiary/aromatic N) is 2. The summed E-state index contributed by atoms with van der Waals surface area (Å²) in [5.74, 6) is 0. The van der Waals surface area contributed by atoms with Gasteiger partial charge in [-0.1, -0.05) is 17.7 Å². The number of rotatable bonds is 3. The molecule has 5 nitrogen and oxygen atoms in total. The number of halogens is 2. The predicted molar refractivity (Wildman–Crippen MR) is 85.2 cm³/mol. The molecule has 1 aromatic carbocycles. The highest BCUT2D eigenvalue weighted by Crippen LogP contribution is 2.26. The maximum atomic E-state index is 10.8.